The van der Waals surface area contributed by atoms with E-state index in [4.69, 9.17) is 9.47 Å². The maximum absolute atomic E-state index is 12.5. The van der Waals surface area contributed by atoms with Crippen LogP contribution in [0.2, 0.25) is 0 Å². The molecule has 0 atom stereocenters. The van der Waals surface area contributed by atoms with Gasteiger partial charge in [-0.2, -0.15) is 4.98 Å². The van der Waals surface area contributed by atoms with Crippen LogP contribution in [-0.2, 0) is 14.6 Å². The summed E-state index contributed by atoms with van der Waals surface area (Å²) in [6.45, 7) is 3.70. The molecule has 0 saturated heterocycles. The second-order valence-corrected chi connectivity index (χ2v) is 10.5. The molecule has 0 spiro atoms. The molecule has 0 aliphatic rings. The molecule has 1 heterocycles. The highest BCUT2D eigenvalue weighted by Gasteiger charge is 2.19. The molecule has 0 bridgehead atoms. The van der Waals surface area contributed by atoms with Gasteiger partial charge in [-0.1, -0.05) is 13.8 Å². The van der Waals surface area contributed by atoms with E-state index < -0.39 is 17.3 Å². The molecule has 1 aromatic heterocycles. The van der Waals surface area contributed by atoms with Crippen LogP contribution in [0, 0.1) is 0 Å². The van der Waals surface area contributed by atoms with Gasteiger partial charge in [-0.15, -0.1) is 0 Å². The number of ether oxygens (including phenoxy) is 2. The third-order valence-electron chi connectivity index (χ3n) is 3.88. The minimum absolute atomic E-state index is 0.0225. The van der Waals surface area contributed by atoms with E-state index in [2.05, 4.69) is 19.8 Å². The molecular weight excluding hydrogens is 391 g/mol. The first kappa shape index (κ1) is 21.0. The van der Waals surface area contributed by atoms with E-state index >= 15 is 0 Å². The number of methoxy groups -OCH3 is 2. The number of benzene rings is 1. The fourth-order valence-corrected chi connectivity index (χ4v) is 4.53. The fourth-order valence-electron chi connectivity index (χ4n) is 2.20. The van der Waals surface area contributed by atoms with Gasteiger partial charge in [0.1, 0.15) is 0 Å². The first-order valence-electron chi connectivity index (χ1n) is 8.21. The molecule has 0 saturated carbocycles. The summed E-state index contributed by atoms with van der Waals surface area (Å²) in [5, 5.41) is 3.00. The maximum atomic E-state index is 12.5. The zero-order valence-corrected chi connectivity index (χ0v) is 17.3. The van der Waals surface area contributed by atoms with Crippen LogP contribution < -0.4 is 19.3 Å². The van der Waals surface area contributed by atoms with Gasteiger partial charge in [-0.05, 0) is 24.3 Å². The highest BCUT2D eigenvalue weighted by Crippen LogP contribution is 2.44. The van der Waals surface area contributed by atoms with Gasteiger partial charge in [0.25, 0.3) is 15.9 Å². The Morgan fingerprint density at radius 1 is 1.07 bits per heavy atom. The summed E-state index contributed by atoms with van der Waals surface area (Å²) in [5.41, 5.74) is 0.600. The number of nitrogens with one attached hydrogen (secondary N) is 2. The summed E-state index contributed by atoms with van der Waals surface area (Å²) >= 11 is 0. The van der Waals surface area contributed by atoms with Crippen molar-refractivity contribution in [3.8, 4) is 11.6 Å². The molecule has 1 aromatic carbocycles. The first-order valence-corrected chi connectivity index (χ1v) is 11.8. The number of aromatic nitrogens is 2. The van der Waals surface area contributed by atoms with E-state index in [9.17, 15) is 13.0 Å². The molecule has 0 unspecified atom stereocenters. The lowest BCUT2D eigenvalue weighted by molar-refractivity contribution is 0.341. The van der Waals surface area contributed by atoms with Crippen LogP contribution in [-0.4, -0.2) is 44.9 Å². The van der Waals surface area contributed by atoms with Gasteiger partial charge in [0.15, 0.2) is 13.0 Å². The lowest BCUT2D eigenvalue weighted by atomic mass is 10.3. The van der Waals surface area contributed by atoms with Crippen LogP contribution in [0.1, 0.15) is 13.8 Å². The van der Waals surface area contributed by atoms with E-state index in [0.29, 0.717) is 18.0 Å². The number of nitrogens with zero attached hydrogens (tertiary/aromatic N) is 2. The largest absolute Gasteiger partial charge is 0.490 e. The van der Waals surface area contributed by atoms with Crippen LogP contribution in [0.3, 0.4) is 0 Å². The topological polar surface area (TPSA) is 120 Å². The van der Waals surface area contributed by atoms with E-state index in [1.54, 1.807) is 12.1 Å². The standard InChI is InChI=1S/C16H23N4O5PS/c1-5-26(21,6-2)19-12-7-9-13(10-8-12)27(22,23)20-16-17-11-14(24-3)15(18-16)25-4/h7-11H,5-6H2,1-4H3,(H,19,21)(H,17,18,20). The van der Waals surface area contributed by atoms with Crippen LogP contribution in [0.25, 0.3) is 0 Å². The van der Waals surface area contributed by atoms with Crippen LogP contribution >= 0.6 is 7.29 Å². The Hall–Kier alpha value is -2.32. The molecular formula is C16H23N4O5PS. The molecule has 0 aliphatic heterocycles. The van der Waals surface area contributed by atoms with Crippen molar-refractivity contribution in [1.29, 1.82) is 0 Å². The van der Waals surface area contributed by atoms with Crippen molar-refractivity contribution >= 4 is 29.0 Å². The summed E-state index contributed by atoms with van der Waals surface area (Å²) in [6.07, 6.45) is 2.34. The van der Waals surface area contributed by atoms with Gasteiger partial charge < -0.3 is 19.1 Å². The summed E-state index contributed by atoms with van der Waals surface area (Å²) in [7, 11) is -3.57. The molecule has 0 aliphatic carbocycles. The third-order valence-corrected chi connectivity index (χ3v) is 7.93. The van der Waals surface area contributed by atoms with Crippen molar-refractivity contribution in [3.05, 3.63) is 30.5 Å². The normalized spacial score (nSPS) is 11.7. The summed E-state index contributed by atoms with van der Waals surface area (Å²) < 4.78 is 49.9. The predicted molar refractivity (Wildman–Crippen MR) is 105 cm³/mol. The number of hydrogen-bond acceptors (Lipinski definition) is 7. The molecule has 148 valence electrons. The number of sulfonamides is 1. The Labute approximate surface area is 159 Å². The quantitative estimate of drug-likeness (QED) is 0.601. The average molecular weight is 414 g/mol. The second kappa shape index (κ2) is 8.58. The molecule has 27 heavy (non-hydrogen) atoms. The van der Waals surface area contributed by atoms with Gasteiger partial charge in [0, 0.05) is 18.0 Å². The Kier molecular flexibility index (Phi) is 6.67. The fraction of sp³-hybridized carbons (Fsp3) is 0.375. The van der Waals surface area contributed by atoms with Crippen molar-refractivity contribution in [3.63, 3.8) is 0 Å². The molecule has 2 rings (SSSR count). The van der Waals surface area contributed by atoms with Gasteiger partial charge >= 0.3 is 0 Å². The lowest BCUT2D eigenvalue weighted by Crippen LogP contribution is -2.15. The molecule has 0 fully saturated rings. The zero-order valence-electron chi connectivity index (χ0n) is 15.6. The minimum atomic E-state index is -3.90. The molecule has 0 radical (unpaired) electrons. The van der Waals surface area contributed by atoms with Crippen molar-refractivity contribution in [2.24, 2.45) is 0 Å². The first-order chi connectivity index (χ1) is 12.8. The van der Waals surface area contributed by atoms with Gasteiger partial charge in [-0.3, -0.25) is 0 Å². The number of rotatable bonds is 9. The molecule has 2 aromatic rings. The van der Waals surface area contributed by atoms with Crippen LogP contribution in [0.4, 0.5) is 11.6 Å². The SMILES string of the molecule is CCP(=O)(CC)Nc1ccc(S(=O)(=O)Nc2ncc(OC)c(OC)n2)cc1. The number of hydrogen-bond donors (Lipinski definition) is 2. The van der Waals surface area contributed by atoms with E-state index in [1.165, 1.54) is 32.5 Å². The Balaban J connectivity index is 2.21. The molecule has 11 heteroatoms. The van der Waals surface area contributed by atoms with Crippen molar-refractivity contribution in [2.75, 3.05) is 36.4 Å². The highest BCUT2D eigenvalue weighted by molar-refractivity contribution is 7.92. The van der Waals surface area contributed by atoms with Crippen LogP contribution in [0.5, 0.6) is 11.6 Å². The molecule has 2 N–H and O–H groups in total. The van der Waals surface area contributed by atoms with Crippen molar-refractivity contribution < 1.29 is 22.5 Å². The average Bonchev–Trinajstić information content (AvgIpc) is 2.67. The van der Waals surface area contributed by atoms with E-state index in [-0.39, 0.29) is 22.5 Å². The minimum Gasteiger partial charge on any atom is -0.490 e. The smallest absolute Gasteiger partial charge is 0.264 e. The third kappa shape index (κ3) is 5.11. The second-order valence-electron chi connectivity index (χ2n) is 5.53. The predicted octanol–water partition coefficient (Wildman–Crippen LogP) is 3.02. The molecule has 9 nitrogen and oxygen atoms in total. The van der Waals surface area contributed by atoms with Crippen molar-refractivity contribution in [2.45, 2.75) is 18.7 Å². The van der Waals surface area contributed by atoms with E-state index in [0.717, 1.165) is 0 Å². The Bertz CT molecular complexity index is 926. The van der Waals surface area contributed by atoms with Gasteiger partial charge in [0.2, 0.25) is 5.95 Å². The van der Waals surface area contributed by atoms with Crippen molar-refractivity contribution in [1.82, 2.24) is 9.97 Å². The Morgan fingerprint density at radius 3 is 2.22 bits per heavy atom. The van der Waals surface area contributed by atoms with Gasteiger partial charge in [-0.25, -0.2) is 18.1 Å². The van der Waals surface area contributed by atoms with Gasteiger partial charge in [0.05, 0.1) is 25.3 Å². The summed E-state index contributed by atoms with van der Waals surface area (Å²) in [6, 6.07) is 5.98. The van der Waals surface area contributed by atoms with E-state index in [1.807, 2.05) is 13.8 Å². The lowest BCUT2D eigenvalue weighted by Gasteiger charge is -2.17. The monoisotopic (exact) mass is 414 g/mol. The highest BCUT2D eigenvalue weighted by atomic mass is 32.2. The summed E-state index contributed by atoms with van der Waals surface area (Å²) in [5.74, 6) is 0.253. The number of anilines is 2. The van der Waals surface area contributed by atoms with Crippen LogP contribution in [0.15, 0.2) is 35.4 Å². The Morgan fingerprint density at radius 2 is 1.70 bits per heavy atom. The maximum Gasteiger partial charge on any atom is 0.264 e. The molecule has 0 amide bonds. The zero-order chi connectivity index (χ0) is 20.1. The summed E-state index contributed by atoms with van der Waals surface area (Å²) in [4.78, 5) is 7.89.